The zero-order valence-electron chi connectivity index (χ0n) is 14.8. The van der Waals surface area contributed by atoms with E-state index in [1.165, 1.54) is 11.3 Å². The molecular formula is C17H21Cl2N5OS. The smallest absolute Gasteiger partial charge is 0.280 e. The molecule has 2 heterocycles. The van der Waals surface area contributed by atoms with Crippen molar-refractivity contribution in [2.24, 2.45) is 0 Å². The largest absolute Gasteiger partial charge is 0.308 e. The first kappa shape index (κ1) is 20.6. The highest BCUT2D eigenvalue weighted by atomic mass is 35.5. The highest BCUT2D eigenvalue weighted by Gasteiger charge is 2.23. The Kier molecular flexibility index (Phi) is 7.00. The van der Waals surface area contributed by atoms with Crippen molar-refractivity contribution in [3.05, 3.63) is 41.2 Å². The Balaban J connectivity index is 0.00000243. The predicted octanol–water partition coefficient (Wildman–Crippen LogP) is 3.80. The molecule has 3 rings (SSSR count). The zero-order valence-corrected chi connectivity index (χ0v) is 17.2. The molecule has 0 atom stereocenters. The van der Waals surface area contributed by atoms with Crippen molar-refractivity contribution >= 4 is 56.6 Å². The predicted molar refractivity (Wildman–Crippen MR) is 110 cm³/mol. The molecule has 0 spiro atoms. The van der Waals surface area contributed by atoms with E-state index in [1.807, 2.05) is 50.3 Å². The molecule has 0 aliphatic carbocycles. The Labute approximate surface area is 167 Å². The molecule has 140 valence electrons. The van der Waals surface area contributed by atoms with Gasteiger partial charge in [-0.1, -0.05) is 22.9 Å². The van der Waals surface area contributed by atoms with Gasteiger partial charge in [0.2, 0.25) is 0 Å². The van der Waals surface area contributed by atoms with Crippen LogP contribution < -0.4 is 4.90 Å². The van der Waals surface area contributed by atoms with Gasteiger partial charge in [-0.2, -0.15) is 5.10 Å². The SMILES string of the molecule is CCn1ccc(C(=O)N(CCN(C)C)c2nc3ccc(Cl)cc3s2)n1.Cl. The number of carbonyl (C=O) groups excluding carboxylic acids is 1. The first-order chi connectivity index (χ1) is 12.0. The number of aryl methyl sites for hydroxylation is 1. The molecule has 0 fully saturated rings. The second-order valence-electron chi connectivity index (χ2n) is 5.93. The summed E-state index contributed by atoms with van der Waals surface area (Å²) >= 11 is 7.53. The Bertz CT molecular complexity index is 892. The van der Waals surface area contributed by atoms with E-state index in [1.54, 1.807) is 15.6 Å². The fraction of sp³-hybridized carbons (Fsp3) is 0.353. The van der Waals surface area contributed by atoms with Gasteiger partial charge in [-0.15, -0.1) is 12.4 Å². The van der Waals surface area contributed by atoms with Gasteiger partial charge in [0.1, 0.15) is 0 Å². The minimum atomic E-state index is -0.140. The lowest BCUT2D eigenvalue weighted by atomic mass is 10.3. The molecule has 0 unspecified atom stereocenters. The number of anilines is 1. The van der Waals surface area contributed by atoms with Gasteiger partial charge < -0.3 is 4.90 Å². The number of halogens is 2. The van der Waals surface area contributed by atoms with Crippen LogP contribution in [0.15, 0.2) is 30.5 Å². The number of rotatable bonds is 6. The average molecular weight is 414 g/mol. The summed E-state index contributed by atoms with van der Waals surface area (Å²) in [4.78, 5) is 21.4. The molecule has 0 aliphatic rings. The van der Waals surface area contributed by atoms with Crippen LogP contribution >= 0.6 is 35.3 Å². The van der Waals surface area contributed by atoms with Gasteiger partial charge in [-0.25, -0.2) is 4.98 Å². The van der Waals surface area contributed by atoms with Crippen LogP contribution in [0.25, 0.3) is 10.2 Å². The van der Waals surface area contributed by atoms with Crippen LogP contribution in [0.1, 0.15) is 17.4 Å². The molecule has 0 bridgehead atoms. The third-order valence-corrected chi connectivity index (χ3v) is 5.05. The van der Waals surface area contributed by atoms with Crippen LogP contribution in [0, 0.1) is 0 Å². The minimum absolute atomic E-state index is 0. The summed E-state index contributed by atoms with van der Waals surface area (Å²) in [6.07, 6.45) is 1.81. The van der Waals surface area contributed by atoms with Crippen LogP contribution in [0.2, 0.25) is 5.02 Å². The van der Waals surface area contributed by atoms with E-state index in [0.717, 1.165) is 23.3 Å². The quantitative estimate of drug-likeness (QED) is 0.616. The molecule has 0 aliphatic heterocycles. The van der Waals surface area contributed by atoms with Gasteiger partial charge in [0.15, 0.2) is 10.8 Å². The monoisotopic (exact) mass is 413 g/mol. The fourth-order valence-corrected chi connectivity index (χ4v) is 3.64. The Morgan fingerprint density at radius 3 is 2.69 bits per heavy atom. The number of fused-ring (bicyclic) bond motifs is 1. The maximum atomic E-state index is 13.0. The van der Waals surface area contributed by atoms with E-state index in [9.17, 15) is 4.79 Å². The molecule has 6 nitrogen and oxygen atoms in total. The Hall–Kier alpha value is -1.67. The lowest BCUT2D eigenvalue weighted by Gasteiger charge is -2.21. The van der Waals surface area contributed by atoms with Crippen molar-refractivity contribution in [2.75, 3.05) is 32.1 Å². The fourth-order valence-electron chi connectivity index (χ4n) is 2.38. The number of amides is 1. The van der Waals surface area contributed by atoms with Crippen LogP contribution in [-0.2, 0) is 6.54 Å². The topological polar surface area (TPSA) is 54.3 Å². The summed E-state index contributed by atoms with van der Waals surface area (Å²) in [5.41, 5.74) is 1.27. The van der Waals surface area contributed by atoms with E-state index in [2.05, 4.69) is 10.1 Å². The lowest BCUT2D eigenvalue weighted by molar-refractivity contribution is 0.0979. The Morgan fingerprint density at radius 1 is 1.27 bits per heavy atom. The number of nitrogens with zero attached hydrogens (tertiary/aromatic N) is 5. The number of hydrogen-bond acceptors (Lipinski definition) is 5. The number of likely N-dealkylation sites (N-methyl/N-ethyl adjacent to an activating group) is 1. The van der Waals surface area contributed by atoms with E-state index in [-0.39, 0.29) is 18.3 Å². The summed E-state index contributed by atoms with van der Waals surface area (Å²) in [6, 6.07) is 7.30. The van der Waals surface area contributed by atoms with Crippen molar-refractivity contribution in [1.29, 1.82) is 0 Å². The van der Waals surface area contributed by atoms with Gasteiger partial charge in [-0.3, -0.25) is 14.4 Å². The molecule has 0 saturated heterocycles. The average Bonchev–Trinajstić information content (AvgIpc) is 3.20. The molecule has 0 N–H and O–H groups in total. The maximum Gasteiger partial charge on any atom is 0.280 e. The molecule has 1 aromatic carbocycles. The summed E-state index contributed by atoms with van der Waals surface area (Å²) < 4.78 is 2.71. The van der Waals surface area contributed by atoms with Crippen LogP contribution in [0.4, 0.5) is 5.13 Å². The summed E-state index contributed by atoms with van der Waals surface area (Å²) in [7, 11) is 3.96. The zero-order chi connectivity index (χ0) is 18.0. The standard InChI is InChI=1S/C17H20ClN5OS.ClH/c1-4-22-8-7-14(20-22)16(24)23(10-9-21(2)3)17-19-13-6-5-12(18)11-15(13)25-17;/h5-8,11H,4,9-10H2,1-3H3;1H. The van der Waals surface area contributed by atoms with Crippen LogP contribution in [0.5, 0.6) is 0 Å². The van der Waals surface area contributed by atoms with Crippen molar-refractivity contribution < 1.29 is 4.79 Å². The van der Waals surface area contributed by atoms with E-state index >= 15 is 0 Å². The number of aromatic nitrogens is 3. The number of carbonyl (C=O) groups is 1. The minimum Gasteiger partial charge on any atom is -0.308 e. The van der Waals surface area contributed by atoms with Gasteiger partial charge >= 0.3 is 0 Å². The molecule has 1 amide bonds. The summed E-state index contributed by atoms with van der Waals surface area (Å²) in [5.74, 6) is -0.140. The van der Waals surface area contributed by atoms with Crippen molar-refractivity contribution in [1.82, 2.24) is 19.7 Å². The van der Waals surface area contributed by atoms with Crippen LogP contribution in [-0.4, -0.2) is 52.8 Å². The van der Waals surface area contributed by atoms with Crippen molar-refractivity contribution in [3.63, 3.8) is 0 Å². The molecule has 26 heavy (non-hydrogen) atoms. The molecule has 0 saturated carbocycles. The van der Waals surface area contributed by atoms with Gasteiger partial charge in [0, 0.05) is 30.9 Å². The van der Waals surface area contributed by atoms with Gasteiger partial charge in [-0.05, 0) is 45.3 Å². The molecule has 3 aromatic rings. The molecule has 0 radical (unpaired) electrons. The number of hydrogen-bond donors (Lipinski definition) is 0. The number of thiazole rings is 1. The summed E-state index contributed by atoms with van der Waals surface area (Å²) in [5, 5.41) is 5.66. The first-order valence-corrected chi connectivity index (χ1v) is 9.23. The molecule has 9 heteroatoms. The van der Waals surface area contributed by atoms with Gasteiger partial charge in [0.25, 0.3) is 5.91 Å². The highest BCUT2D eigenvalue weighted by molar-refractivity contribution is 7.22. The van der Waals surface area contributed by atoms with E-state index < -0.39 is 0 Å². The van der Waals surface area contributed by atoms with Crippen molar-refractivity contribution in [3.8, 4) is 0 Å². The highest BCUT2D eigenvalue weighted by Crippen LogP contribution is 2.31. The second-order valence-corrected chi connectivity index (χ2v) is 7.37. The number of benzene rings is 1. The normalized spacial score (nSPS) is 11.0. The third kappa shape index (κ3) is 4.54. The Morgan fingerprint density at radius 2 is 2.04 bits per heavy atom. The van der Waals surface area contributed by atoms with Gasteiger partial charge in [0.05, 0.1) is 10.2 Å². The second kappa shape index (κ2) is 8.81. The molecular weight excluding hydrogens is 393 g/mol. The van der Waals surface area contributed by atoms with Crippen molar-refractivity contribution in [2.45, 2.75) is 13.5 Å². The molecule has 2 aromatic heterocycles. The van der Waals surface area contributed by atoms with E-state index in [0.29, 0.717) is 22.4 Å². The first-order valence-electron chi connectivity index (χ1n) is 8.04. The van der Waals surface area contributed by atoms with E-state index in [4.69, 9.17) is 11.6 Å². The van der Waals surface area contributed by atoms with Crippen LogP contribution in [0.3, 0.4) is 0 Å². The third-order valence-electron chi connectivity index (χ3n) is 3.77. The lowest BCUT2D eigenvalue weighted by Crippen LogP contribution is -2.37. The summed E-state index contributed by atoms with van der Waals surface area (Å²) in [6.45, 7) is 3.99. The maximum absolute atomic E-state index is 13.0.